The topological polar surface area (TPSA) is 59.5 Å². The molecule has 0 saturated carbocycles. The molecule has 0 spiro atoms. The number of nitrogens with zero attached hydrogens (tertiary/aromatic N) is 2. The number of anilines is 1. The summed E-state index contributed by atoms with van der Waals surface area (Å²) in [6.45, 7) is 0.395. The number of halogens is 3. The lowest BCUT2D eigenvalue weighted by Gasteiger charge is -2.28. The molecule has 5 nitrogen and oxygen atoms in total. The third kappa shape index (κ3) is 3.83. The van der Waals surface area contributed by atoms with Gasteiger partial charge >= 0.3 is 6.18 Å². The van der Waals surface area contributed by atoms with E-state index >= 15 is 0 Å². The largest absolute Gasteiger partial charge is 0.407 e. The Morgan fingerprint density at radius 2 is 1.90 bits per heavy atom. The Morgan fingerprint density at radius 3 is 2.35 bits per heavy atom. The quantitative estimate of drug-likeness (QED) is 0.804. The summed E-state index contributed by atoms with van der Waals surface area (Å²) in [5.74, 6) is 0. The minimum atomic E-state index is -4.84. The van der Waals surface area contributed by atoms with E-state index in [2.05, 4.69) is 4.98 Å². The Labute approximate surface area is 115 Å². The van der Waals surface area contributed by atoms with Gasteiger partial charge in [-0.05, 0) is 19.1 Å². The Morgan fingerprint density at radius 1 is 1.35 bits per heavy atom. The van der Waals surface area contributed by atoms with Gasteiger partial charge in [0.1, 0.15) is 0 Å². The maximum Gasteiger partial charge on any atom is 0.407 e. The van der Waals surface area contributed by atoms with E-state index in [0.29, 0.717) is 11.2 Å². The first-order valence-electron chi connectivity index (χ1n) is 5.68. The molecule has 0 aliphatic heterocycles. The zero-order chi connectivity index (χ0) is 15.4. The normalized spacial score (nSPS) is 14.1. The summed E-state index contributed by atoms with van der Waals surface area (Å²) in [6, 6.07) is 2.66. The first-order valence-corrected chi connectivity index (χ1v) is 7.18. The molecule has 0 fully saturated rings. The molecule has 0 radical (unpaired) electrons. The van der Waals surface area contributed by atoms with Crippen molar-refractivity contribution in [1.29, 1.82) is 0 Å². The molecule has 0 aliphatic rings. The van der Waals surface area contributed by atoms with Crippen LogP contribution in [0.3, 0.4) is 0 Å². The molecule has 20 heavy (non-hydrogen) atoms. The van der Waals surface area contributed by atoms with Gasteiger partial charge in [0.25, 0.3) is 0 Å². The highest BCUT2D eigenvalue weighted by Gasteiger charge is 2.47. The van der Waals surface area contributed by atoms with E-state index in [1.165, 1.54) is 31.6 Å². The number of rotatable bonds is 6. The standard InChI is InChI=1S/C11H15F3N2O3S/c1-9(11(12,13)14)20(17,18)16(7-8-19-2)10-3-5-15-6-4-10/h3-6,9H,7-8H2,1-2H3/t9-/m1/s1. The maximum absolute atomic E-state index is 12.7. The summed E-state index contributed by atoms with van der Waals surface area (Å²) >= 11 is 0. The van der Waals surface area contributed by atoms with Crippen molar-refractivity contribution >= 4 is 15.7 Å². The molecule has 0 N–H and O–H groups in total. The van der Waals surface area contributed by atoms with Crippen LogP contribution in [0.4, 0.5) is 18.9 Å². The van der Waals surface area contributed by atoms with Gasteiger partial charge in [0.15, 0.2) is 5.25 Å². The monoisotopic (exact) mass is 312 g/mol. The maximum atomic E-state index is 12.7. The molecule has 114 valence electrons. The second-order valence-corrected chi connectivity index (χ2v) is 6.18. The van der Waals surface area contributed by atoms with Crippen LogP contribution in [-0.4, -0.2) is 45.1 Å². The van der Waals surface area contributed by atoms with E-state index in [4.69, 9.17) is 4.74 Å². The van der Waals surface area contributed by atoms with Crippen molar-refractivity contribution in [3.63, 3.8) is 0 Å². The molecule has 0 bridgehead atoms. The number of sulfonamides is 1. The van der Waals surface area contributed by atoms with Gasteiger partial charge in [-0.3, -0.25) is 9.29 Å². The molecule has 0 saturated heterocycles. The van der Waals surface area contributed by atoms with E-state index in [0.717, 1.165) is 0 Å². The average Bonchev–Trinajstić information content (AvgIpc) is 2.38. The van der Waals surface area contributed by atoms with Crippen LogP contribution in [0.2, 0.25) is 0 Å². The molecule has 1 rings (SSSR count). The summed E-state index contributed by atoms with van der Waals surface area (Å²) in [5, 5.41) is -2.50. The molecule has 1 aromatic heterocycles. The first kappa shape index (κ1) is 16.7. The van der Waals surface area contributed by atoms with E-state index in [9.17, 15) is 21.6 Å². The van der Waals surface area contributed by atoms with Crippen molar-refractivity contribution < 1.29 is 26.3 Å². The molecule has 1 aromatic rings. The predicted molar refractivity (Wildman–Crippen MR) is 67.9 cm³/mol. The van der Waals surface area contributed by atoms with Crippen LogP contribution in [0, 0.1) is 0 Å². The number of hydrogen-bond acceptors (Lipinski definition) is 4. The van der Waals surface area contributed by atoms with Crippen molar-refractivity contribution in [2.45, 2.75) is 18.3 Å². The van der Waals surface area contributed by atoms with Crippen LogP contribution in [0.1, 0.15) is 6.92 Å². The molecule has 1 heterocycles. The fourth-order valence-electron chi connectivity index (χ4n) is 1.45. The van der Waals surface area contributed by atoms with Gasteiger partial charge in [-0.2, -0.15) is 13.2 Å². The van der Waals surface area contributed by atoms with Gasteiger partial charge in [0.05, 0.1) is 18.8 Å². The van der Waals surface area contributed by atoms with Crippen molar-refractivity contribution in [3.05, 3.63) is 24.5 Å². The van der Waals surface area contributed by atoms with Crippen LogP contribution >= 0.6 is 0 Å². The van der Waals surface area contributed by atoms with Crippen LogP contribution in [-0.2, 0) is 14.8 Å². The van der Waals surface area contributed by atoms with Crippen LogP contribution < -0.4 is 4.31 Å². The fraction of sp³-hybridized carbons (Fsp3) is 0.545. The molecule has 0 aliphatic carbocycles. The molecular weight excluding hydrogens is 297 g/mol. The zero-order valence-corrected chi connectivity index (χ0v) is 11.8. The van der Waals surface area contributed by atoms with E-state index < -0.39 is 21.4 Å². The van der Waals surface area contributed by atoms with Crippen molar-refractivity contribution in [2.75, 3.05) is 24.6 Å². The van der Waals surface area contributed by atoms with Gasteiger partial charge in [-0.15, -0.1) is 0 Å². The Bertz CT molecular complexity index is 519. The lowest BCUT2D eigenvalue weighted by Crippen LogP contribution is -2.45. The highest BCUT2D eigenvalue weighted by Crippen LogP contribution is 2.30. The van der Waals surface area contributed by atoms with E-state index in [-0.39, 0.29) is 18.8 Å². The number of pyridine rings is 1. The molecule has 0 amide bonds. The van der Waals surface area contributed by atoms with E-state index in [1.54, 1.807) is 0 Å². The summed E-state index contributed by atoms with van der Waals surface area (Å²) in [4.78, 5) is 3.71. The highest BCUT2D eigenvalue weighted by molar-refractivity contribution is 7.93. The third-order valence-corrected chi connectivity index (χ3v) is 4.83. The molecular formula is C11H15F3N2O3S. The summed E-state index contributed by atoms with van der Waals surface area (Å²) < 4.78 is 67.8. The van der Waals surface area contributed by atoms with E-state index in [1.807, 2.05) is 0 Å². The molecule has 0 unspecified atom stereocenters. The zero-order valence-electron chi connectivity index (χ0n) is 11.0. The summed E-state index contributed by atoms with van der Waals surface area (Å²) in [5.41, 5.74) is 0.119. The smallest absolute Gasteiger partial charge is 0.383 e. The van der Waals surface area contributed by atoms with Gasteiger partial charge in [0, 0.05) is 19.5 Å². The summed E-state index contributed by atoms with van der Waals surface area (Å²) in [7, 11) is -3.25. The van der Waals surface area contributed by atoms with Crippen LogP contribution in [0.15, 0.2) is 24.5 Å². The second-order valence-electron chi connectivity index (χ2n) is 4.00. The predicted octanol–water partition coefficient (Wildman–Crippen LogP) is 1.82. The average molecular weight is 312 g/mol. The minimum absolute atomic E-state index is 0.0217. The van der Waals surface area contributed by atoms with Crippen molar-refractivity contribution in [1.82, 2.24) is 4.98 Å². The van der Waals surface area contributed by atoms with Gasteiger partial charge in [-0.1, -0.05) is 0 Å². The fourth-order valence-corrected chi connectivity index (χ4v) is 2.91. The highest BCUT2D eigenvalue weighted by atomic mass is 32.2. The van der Waals surface area contributed by atoms with Crippen LogP contribution in [0.5, 0.6) is 0 Å². The molecule has 0 aromatic carbocycles. The number of hydrogen-bond donors (Lipinski definition) is 0. The Kier molecular flexibility index (Phi) is 5.35. The lowest BCUT2D eigenvalue weighted by atomic mass is 10.4. The SMILES string of the molecule is COCCN(c1ccncc1)S(=O)(=O)[C@H](C)C(F)(F)F. The lowest BCUT2D eigenvalue weighted by molar-refractivity contribution is -0.126. The van der Waals surface area contributed by atoms with Crippen molar-refractivity contribution in [3.8, 4) is 0 Å². The van der Waals surface area contributed by atoms with Crippen LogP contribution in [0.25, 0.3) is 0 Å². The third-order valence-electron chi connectivity index (χ3n) is 2.66. The number of alkyl halides is 3. The molecule has 9 heteroatoms. The minimum Gasteiger partial charge on any atom is -0.383 e. The van der Waals surface area contributed by atoms with Gasteiger partial charge < -0.3 is 4.74 Å². The second kappa shape index (κ2) is 6.40. The number of ether oxygens (including phenoxy) is 1. The van der Waals surface area contributed by atoms with Crippen molar-refractivity contribution in [2.24, 2.45) is 0 Å². The Hall–Kier alpha value is -1.35. The van der Waals surface area contributed by atoms with Gasteiger partial charge in [0.2, 0.25) is 10.0 Å². The number of aromatic nitrogens is 1. The number of methoxy groups -OCH3 is 1. The van der Waals surface area contributed by atoms with Gasteiger partial charge in [-0.25, -0.2) is 8.42 Å². The molecule has 1 atom stereocenters. The Balaban J connectivity index is 3.17. The first-order chi connectivity index (χ1) is 9.21. The summed E-state index contributed by atoms with van der Waals surface area (Å²) in [6.07, 6.45) is -2.22.